The van der Waals surface area contributed by atoms with E-state index in [1.807, 2.05) is 6.20 Å². The second-order valence-corrected chi connectivity index (χ2v) is 5.69. The Kier molecular flexibility index (Phi) is 4.40. The van der Waals surface area contributed by atoms with Gasteiger partial charge in [-0.1, -0.05) is 0 Å². The van der Waals surface area contributed by atoms with E-state index in [1.165, 1.54) is 12.8 Å². The van der Waals surface area contributed by atoms with Crippen LogP contribution in [0.1, 0.15) is 44.8 Å². The van der Waals surface area contributed by atoms with Crippen LogP contribution in [-0.4, -0.2) is 30.3 Å². The minimum Gasteiger partial charge on any atom is -0.446 e. The highest BCUT2D eigenvalue weighted by atomic mass is 16.5. The smallest absolute Gasteiger partial charge is 0.194 e. The number of hydrogen-bond acceptors (Lipinski definition) is 4. The number of nitrogens with one attached hydrogen (secondary N) is 1. The molecule has 1 heterocycles. The Hall–Kier alpha value is -0.870. The zero-order chi connectivity index (χ0) is 13.0. The van der Waals surface area contributed by atoms with Crippen molar-refractivity contribution in [2.45, 2.75) is 57.6 Å². The van der Waals surface area contributed by atoms with E-state index in [1.54, 1.807) is 7.11 Å². The van der Waals surface area contributed by atoms with Crippen LogP contribution in [0, 0.1) is 0 Å². The van der Waals surface area contributed by atoms with E-state index < -0.39 is 0 Å². The second-order valence-electron chi connectivity index (χ2n) is 5.69. The standard InChI is InChI=1S/C14H24N2O2/c1-14(2,17-3)9-12-10-16-13(18-12)5-4-8-15-11-6-7-11/h10-11,15H,4-9H2,1-3H3. The Bertz CT molecular complexity index is 370. The summed E-state index contributed by atoms with van der Waals surface area (Å²) in [5.74, 6) is 1.75. The molecule has 4 nitrogen and oxygen atoms in total. The van der Waals surface area contributed by atoms with Crippen molar-refractivity contribution in [3.63, 3.8) is 0 Å². The summed E-state index contributed by atoms with van der Waals surface area (Å²) in [4.78, 5) is 4.32. The van der Waals surface area contributed by atoms with Crippen molar-refractivity contribution in [2.24, 2.45) is 0 Å². The molecule has 1 aliphatic rings. The Labute approximate surface area is 109 Å². The number of methoxy groups -OCH3 is 1. The molecule has 1 fully saturated rings. The van der Waals surface area contributed by atoms with Crippen molar-refractivity contribution in [3.05, 3.63) is 17.8 Å². The molecule has 4 heteroatoms. The third-order valence-corrected chi connectivity index (χ3v) is 3.33. The van der Waals surface area contributed by atoms with Gasteiger partial charge in [0.25, 0.3) is 0 Å². The summed E-state index contributed by atoms with van der Waals surface area (Å²) in [6, 6.07) is 0.785. The summed E-state index contributed by atoms with van der Waals surface area (Å²) in [5.41, 5.74) is -0.190. The topological polar surface area (TPSA) is 47.3 Å². The van der Waals surface area contributed by atoms with Crippen molar-refractivity contribution >= 4 is 0 Å². The van der Waals surface area contributed by atoms with E-state index >= 15 is 0 Å². The highest BCUT2D eigenvalue weighted by molar-refractivity contribution is 4.98. The van der Waals surface area contributed by atoms with Crippen LogP contribution in [0.3, 0.4) is 0 Å². The zero-order valence-electron chi connectivity index (χ0n) is 11.7. The Morgan fingerprint density at radius 1 is 1.50 bits per heavy atom. The molecule has 1 N–H and O–H groups in total. The predicted molar refractivity (Wildman–Crippen MR) is 70.6 cm³/mol. The van der Waals surface area contributed by atoms with Crippen LogP contribution in [0.4, 0.5) is 0 Å². The van der Waals surface area contributed by atoms with Gasteiger partial charge in [0.15, 0.2) is 5.89 Å². The molecule has 1 saturated carbocycles. The molecule has 1 aromatic rings. The maximum Gasteiger partial charge on any atom is 0.194 e. The lowest BCUT2D eigenvalue weighted by Crippen LogP contribution is -2.25. The molecule has 102 valence electrons. The van der Waals surface area contributed by atoms with Crippen LogP contribution < -0.4 is 5.32 Å². The van der Waals surface area contributed by atoms with Gasteiger partial charge in [-0.25, -0.2) is 4.98 Å². The van der Waals surface area contributed by atoms with Gasteiger partial charge in [-0.05, 0) is 39.7 Å². The summed E-state index contributed by atoms with van der Waals surface area (Å²) in [7, 11) is 1.72. The molecule has 0 bridgehead atoms. The molecule has 0 aromatic carbocycles. The van der Waals surface area contributed by atoms with Gasteiger partial charge in [0, 0.05) is 26.0 Å². The molecule has 0 aliphatic heterocycles. The lowest BCUT2D eigenvalue weighted by atomic mass is 10.0. The zero-order valence-corrected chi connectivity index (χ0v) is 11.7. The fourth-order valence-electron chi connectivity index (χ4n) is 1.87. The number of ether oxygens (including phenoxy) is 1. The predicted octanol–water partition coefficient (Wildman–Crippen LogP) is 2.33. The number of aromatic nitrogens is 1. The third kappa shape index (κ3) is 4.42. The van der Waals surface area contributed by atoms with Crippen LogP contribution in [0.2, 0.25) is 0 Å². The van der Waals surface area contributed by atoms with Crippen molar-refractivity contribution in [2.75, 3.05) is 13.7 Å². The van der Waals surface area contributed by atoms with E-state index in [0.717, 1.165) is 43.5 Å². The van der Waals surface area contributed by atoms with Crippen molar-refractivity contribution in [3.8, 4) is 0 Å². The maximum atomic E-state index is 5.73. The first-order valence-electron chi connectivity index (χ1n) is 6.81. The van der Waals surface area contributed by atoms with Gasteiger partial charge >= 0.3 is 0 Å². The molecule has 2 rings (SSSR count). The molecule has 0 saturated heterocycles. The maximum absolute atomic E-state index is 5.73. The van der Waals surface area contributed by atoms with Gasteiger partial charge in [0.2, 0.25) is 0 Å². The van der Waals surface area contributed by atoms with E-state index in [9.17, 15) is 0 Å². The first-order chi connectivity index (χ1) is 8.59. The highest BCUT2D eigenvalue weighted by Crippen LogP contribution is 2.19. The third-order valence-electron chi connectivity index (χ3n) is 3.33. The van der Waals surface area contributed by atoms with Crippen molar-refractivity contribution in [1.82, 2.24) is 10.3 Å². The summed E-state index contributed by atoms with van der Waals surface area (Å²) < 4.78 is 11.1. The van der Waals surface area contributed by atoms with Crippen LogP contribution in [-0.2, 0) is 17.6 Å². The minimum atomic E-state index is -0.190. The monoisotopic (exact) mass is 252 g/mol. The van der Waals surface area contributed by atoms with Gasteiger partial charge in [-0.15, -0.1) is 0 Å². The number of hydrogen-bond donors (Lipinski definition) is 1. The molecular formula is C14H24N2O2. The Balaban J connectivity index is 1.71. The summed E-state index contributed by atoms with van der Waals surface area (Å²) in [6.07, 6.45) is 7.27. The summed E-state index contributed by atoms with van der Waals surface area (Å²) >= 11 is 0. The van der Waals surface area contributed by atoms with Crippen molar-refractivity contribution in [1.29, 1.82) is 0 Å². The van der Waals surface area contributed by atoms with Crippen LogP contribution in [0.25, 0.3) is 0 Å². The van der Waals surface area contributed by atoms with Crippen LogP contribution in [0.15, 0.2) is 10.6 Å². The number of oxazole rings is 1. The van der Waals surface area contributed by atoms with E-state index in [-0.39, 0.29) is 5.60 Å². The lowest BCUT2D eigenvalue weighted by molar-refractivity contribution is 0.0190. The van der Waals surface area contributed by atoms with Gasteiger partial charge in [-0.2, -0.15) is 0 Å². The Morgan fingerprint density at radius 3 is 2.94 bits per heavy atom. The SMILES string of the molecule is COC(C)(C)Cc1cnc(CCCNC2CC2)o1. The molecule has 18 heavy (non-hydrogen) atoms. The van der Waals surface area contributed by atoms with Gasteiger partial charge in [0.1, 0.15) is 5.76 Å². The fraction of sp³-hybridized carbons (Fsp3) is 0.786. The first-order valence-corrected chi connectivity index (χ1v) is 6.81. The molecule has 0 amide bonds. The van der Waals surface area contributed by atoms with Gasteiger partial charge in [-0.3, -0.25) is 0 Å². The molecule has 1 aromatic heterocycles. The average Bonchev–Trinajstić information content (AvgIpc) is 3.06. The van der Waals surface area contributed by atoms with Gasteiger partial charge < -0.3 is 14.5 Å². The lowest BCUT2D eigenvalue weighted by Gasteiger charge is -2.20. The number of nitrogens with zero attached hydrogens (tertiary/aromatic N) is 1. The molecular weight excluding hydrogens is 228 g/mol. The molecule has 0 atom stereocenters. The highest BCUT2D eigenvalue weighted by Gasteiger charge is 2.21. The Morgan fingerprint density at radius 2 is 2.28 bits per heavy atom. The van der Waals surface area contributed by atoms with E-state index in [4.69, 9.17) is 9.15 Å². The molecule has 0 spiro atoms. The average molecular weight is 252 g/mol. The molecule has 0 unspecified atom stereocenters. The van der Waals surface area contributed by atoms with Gasteiger partial charge in [0.05, 0.1) is 11.8 Å². The number of rotatable bonds is 8. The summed E-state index contributed by atoms with van der Waals surface area (Å²) in [5, 5.41) is 3.49. The second kappa shape index (κ2) is 5.85. The first kappa shape index (κ1) is 13.6. The number of aryl methyl sites for hydroxylation is 1. The molecule has 0 radical (unpaired) electrons. The van der Waals surface area contributed by atoms with Crippen LogP contribution in [0.5, 0.6) is 0 Å². The normalized spacial score (nSPS) is 16.2. The minimum absolute atomic E-state index is 0.190. The largest absolute Gasteiger partial charge is 0.446 e. The van der Waals surface area contributed by atoms with Crippen molar-refractivity contribution < 1.29 is 9.15 Å². The van der Waals surface area contributed by atoms with E-state index in [0.29, 0.717) is 0 Å². The van der Waals surface area contributed by atoms with Crippen LogP contribution >= 0.6 is 0 Å². The summed E-state index contributed by atoms with van der Waals surface area (Å²) in [6.45, 7) is 5.16. The quantitative estimate of drug-likeness (QED) is 0.721. The van der Waals surface area contributed by atoms with E-state index in [2.05, 4.69) is 24.1 Å². The molecule has 1 aliphatic carbocycles. The fourth-order valence-corrected chi connectivity index (χ4v) is 1.87.